The Bertz CT molecular complexity index is 342. The summed E-state index contributed by atoms with van der Waals surface area (Å²) in [5, 5.41) is 4.00. The van der Waals surface area contributed by atoms with E-state index in [1.165, 1.54) is 13.5 Å². The summed E-state index contributed by atoms with van der Waals surface area (Å²) >= 11 is 2.04. The lowest BCUT2D eigenvalue weighted by Gasteiger charge is -2.34. The normalized spacial score (nSPS) is 20.5. The average Bonchev–Trinajstić information content (AvgIpc) is 2.50. The first kappa shape index (κ1) is 20.8. The fourth-order valence-electron chi connectivity index (χ4n) is 2.08. The second kappa shape index (κ2) is 11.4. The van der Waals surface area contributed by atoms with E-state index in [9.17, 15) is 4.79 Å². The highest BCUT2D eigenvalue weighted by Crippen LogP contribution is 2.21. The maximum absolute atomic E-state index is 11.4. The number of thioether (sulfide) groups is 1. The first-order chi connectivity index (χ1) is 9.62. The molecule has 0 aromatic rings. The first-order valence-electron chi connectivity index (χ1n) is 7.35. The summed E-state index contributed by atoms with van der Waals surface area (Å²) in [4.78, 5) is 18.3. The summed E-state index contributed by atoms with van der Waals surface area (Å²) in [5.74, 6) is 1.65. The Morgan fingerprint density at radius 1 is 1.52 bits per heavy atom. The number of esters is 1. The van der Waals surface area contributed by atoms with Crippen molar-refractivity contribution in [2.24, 2.45) is 10.9 Å². The third-order valence-electron chi connectivity index (χ3n) is 3.35. The Balaban J connectivity index is 0.00000400. The van der Waals surface area contributed by atoms with Crippen molar-refractivity contribution in [3.63, 3.8) is 0 Å². The Morgan fingerprint density at radius 3 is 2.81 bits per heavy atom. The second-order valence-corrected chi connectivity index (χ2v) is 6.37. The van der Waals surface area contributed by atoms with E-state index in [4.69, 9.17) is 4.74 Å². The van der Waals surface area contributed by atoms with Crippen LogP contribution in [0.25, 0.3) is 0 Å². The molecular formula is C14H28IN3O2S. The Morgan fingerprint density at radius 2 is 2.24 bits per heavy atom. The molecule has 1 aliphatic rings. The van der Waals surface area contributed by atoms with E-state index in [1.807, 2.05) is 18.7 Å². The number of carbonyl (C=O) groups is 1. The molecule has 124 valence electrons. The highest BCUT2D eigenvalue weighted by Gasteiger charge is 2.22. The zero-order valence-electron chi connectivity index (χ0n) is 13.4. The van der Waals surface area contributed by atoms with Crippen LogP contribution in [0.2, 0.25) is 0 Å². The predicted molar refractivity (Wildman–Crippen MR) is 101 cm³/mol. The van der Waals surface area contributed by atoms with Gasteiger partial charge < -0.3 is 15.0 Å². The molecule has 0 bridgehead atoms. The van der Waals surface area contributed by atoms with Gasteiger partial charge in [0.25, 0.3) is 0 Å². The van der Waals surface area contributed by atoms with E-state index in [1.54, 1.807) is 0 Å². The largest absolute Gasteiger partial charge is 0.469 e. The molecule has 1 fully saturated rings. The number of rotatable bonds is 5. The Labute approximate surface area is 149 Å². The molecule has 21 heavy (non-hydrogen) atoms. The number of nitrogens with one attached hydrogen (secondary N) is 1. The van der Waals surface area contributed by atoms with E-state index >= 15 is 0 Å². The number of nitrogens with zero attached hydrogens (tertiary/aromatic N) is 2. The van der Waals surface area contributed by atoms with Gasteiger partial charge in [-0.3, -0.25) is 9.79 Å². The van der Waals surface area contributed by atoms with E-state index in [-0.39, 0.29) is 35.9 Å². The maximum atomic E-state index is 11.4. The molecule has 0 aromatic heterocycles. The molecule has 0 spiro atoms. The average molecular weight is 429 g/mol. The van der Waals surface area contributed by atoms with E-state index in [2.05, 4.69) is 29.1 Å². The maximum Gasteiger partial charge on any atom is 0.310 e. The van der Waals surface area contributed by atoms with Crippen molar-refractivity contribution >= 4 is 47.7 Å². The highest BCUT2D eigenvalue weighted by atomic mass is 127. The second-order valence-electron chi connectivity index (χ2n) is 4.97. The van der Waals surface area contributed by atoms with Crippen molar-refractivity contribution in [2.75, 3.05) is 39.0 Å². The summed E-state index contributed by atoms with van der Waals surface area (Å²) < 4.78 is 4.74. The van der Waals surface area contributed by atoms with Crippen LogP contribution in [0.15, 0.2) is 4.99 Å². The smallest absolute Gasteiger partial charge is 0.310 e. The summed E-state index contributed by atoms with van der Waals surface area (Å²) in [5.41, 5.74) is 0. The minimum absolute atomic E-state index is 0. The Kier molecular flexibility index (Phi) is 11.3. The van der Waals surface area contributed by atoms with Crippen molar-refractivity contribution in [3.8, 4) is 0 Å². The van der Waals surface area contributed by atoms with Gasteiger partial charge in [0.05, 0.1) is 19.6 Å². The van der Waals surface area contributed by atoms with Crippen molar-refractivity contribution in [2.45, 2.75) is 32.4 Å². The van der Waals surface area contributed by atoms with Crippen molar-refractivity contribution < 1.29 is 9.53 Å². The lowest BCUT2D eigenvalue weighted by molar-refractivity contribution is -0.144. The summed E-state index contributed by atoms with van der Waals surface area (Å²) in [6.45, 7) is 9.49. The van der Waals surface area contributed by atoms with Crippen LogP contribution in [-0.4, -0.2) is 61.1 Å². The van der Waals surface area contributed by atoms with Crippen molar-refractivity contribution in [1.29, 1.82) is 0 Å². The number of halogens is 1. The fourth-order valence-corrected chi connectivity index (χ4v) is 3.26. The molecule has 0 radical (unpaired) electrons. The van der Waals surface area contributed by atoms with Gasteiger partial charge in [-0.05, 0) is 13.3 Å². The number of guanidine groups is 1. The molecule has 1 N–H and O–H groups in total. The molecule has 1 saturated heterocycles. The number of carbonyl (C=O) groups excluding carboxylic acids is 1. The van der Waals surface area contributed by atoms with Gasteiger partial charge in [0.2, 0.25) is 0 Å². The number of methoxy groups -OCH3 is 1. The zero-order chi connectivity index (χ0) is 15.0. The minimum atomic E-state index is -0.203. The molecule has 0 saturated carbocycles. The predicted octanol–water partition coefficient (Wildman–Crippen LogP) is 2.21. The highest BCUT2D eigenvalue weighted by molar-refractivity contribution is 14.0. The van der Waals surface area contributed by atoms with Gasteiger partial charge in [0.1, 0.15) is 0 Å². The number of aliphatic imine (C=N–C) groups is 1. The van der Waals surface area contributed by atoms with Crippen molar-refractivity contribution in [1.82, 2.24) is 10.2 Å². The van der Waals surface area contributed by atoms with Gasteiger partial charge in [-0.25, -0.2) is 0 Å². The number of hydrogen-bond acceptors (Lipinski definition) is 4. The van der Waals surface area contributed by atoms with Crippen LogP contribution in [-0.2, 0) is 9.53 Å². The van der Waals surface area contributed by atoms with Gasteiger partial charge in [-0.1, -0.05) is 13.8 Å². The lowest BCUT2D eigenvalue weighted by atomic mass is 10.2. The molecule has 2 unspecified atom stereocenters. The molecular weight excluding hydrogens is 401 g/mol. The molecule has 5 nitrogen and oxygen atoms in total. The summed E-state index contributed by atoms with van der Waals surface area (Å²) in [6, 6.07) is 0. The molecule has 1 aliphatic heterocycles. The van der Waals surface area contributed by atoms with Crippen LogP contribution in [0, 0.1) is 5.92 Å². The van der Waals surface area contributed by atoms with Crippen LogP contribution in [0.1, 0.15) is 27.2 Å². The summed E-state index contributed by atoms with van der Waals surface area (Å²) in [7, 11) is 1.42. The van der Waals surface area contributed by atoms with E-state index in [0.29, 0.717) is 11.8 Å². The third kappa shape index (κ3) is 7.08. The monoisotopic (exact) mass is 429 g/mol. The molecule has 0 aromatic carbocycles. The molecule has 0 aliphatic carbocycles. The minimum Gasteiger partial charge on any atom is -0.469 e. The van der Waals surface area contributed by atoms with Crippen LogP contribution in [0.5, 0.6) is 0 Å². The van der Waals surface area contributed by atoms with Crippen LogP contribution >= 0.6 is 35.7 Å². The Hall–Kier alpha value is -0.180. The van der Waals surface area contributed by atoms with Gasteiger partial charge in [0, 0.05) is 30.6 Å². The topological polar surface area (TPSA) is 53.9 Å². The molecule has 0 amide bonds. The first-order valence-corrected chi connectivity index (χ1v) is 8.39. The van der Waals surface area contributed by atoms with Crippen LogP contribution < -0.4 is 5.32 Å². The number of hydrogen-bond donors (Lipinski definition) is 1. The molecule has 1 heterocycles. The summed E-state index contributed by atoms with van der Waals surface area (Å²) in [6.07, 6.45) is 1.18. The van der Waals surface area contributed by atoms with Crippen molar-refractivity contribution in [3.05, 3.63) is 0 Å². The zero-order valence-corrected chi connectivity index (χ0v) is 16.6. The third-order valence-corrected chi connectivity index (χ3v) is 4.72. The SMILES string of the molecule is CCNC(=NCC(C)C(=O)OC)N1CCSC(CC)C1.I. The van der Waals surface area contributed by atoms with Gasteiger partial charge in [-0.15, -0.1) is 24.0 Å². The molecule has 1 rings (SSSR count). The molecule has 7 heteroatoms. The van der Waals surface area contributed by atoms with Crippen LogP contribution in [0.3, 0.4) is 0 Å². The van der Waals surface area contributed by atoms with Gasteiger partial charge >= 0.3 is 5.97 Å². The standard InChI is InChI=1S/C14H27N3O2S.HI/c1-5-12-10-17(7-8-20-12)14(15-6-2)16-9-11(3)13(18)19-4;/h11-12H,5-10H2,1-4H3,(H,15,16);1H. The van der Waals surface area contributed by atoms with E-state index in [0.717, 1.165) is 31.3 Å². The quantitative estimate of drug-likeness (QED) is 0.314. The fraction of sp³-hybridized carbons (Fsp3) is 0.857. The van der Waals surface area contributed by atoms with E-state index < -0.39 is 0 Å². The van der Waals surface area contributed by atoms with Gasteiger partial charge in [-0.2, -0.15) is 11.8 Å². The molecule has 2 atom stereocenters. The lowest BCUT2D eigenvalue weighted by Crippen LogP contribution is -2.48. The van der Waals surface area contributed by atoms with Crippen LogP contribution in [0.4, 0.5) is 0 Å². The van der Waals surface area contributed by atoms with Gasteiger partial charge in [0.15, 0.2) is 5.96 Å². The number of ether oxygens (including phenoxy) is 1.